The number of aliphatic hydroxyl groups excluding tert-OH is 1. The summed E-state index contributed by atoms with van der Waals surface area (Å²) in [5.41, 5.74) is 0.869. The molecule has 1 N–H and O–H groups in total. The van der Waals surface area contributed by atoms with E-state index in [-0.39, 0.29) is 6.29 Å². The molecule has 1 atom stereocenters. The van der Waals surface area contributed by atoms with Gasteiger partial charge in [-0.2, -0.15) is 0 Å². The van der Waals surface area contributed by atoms with Crippen molar-refractivity contribution in [3.05, 3.63) is 29.8 Å². The van der Waals surface area contributed by atoms with Crippen molar-refractivity contribution in [3.8, 4) is 5.75 Å². The van der Waals surface area contributed by atoms with Gasteiger partial charge >= 0.3 is 0 Å². The van der Waals surface area contributed by atoms with E-state index in [4.69, 9.17) is 14.2 Å². The smallest absolute Gasteiger partial charge is 0.191 e. The fraction of sp³-hybridized carbons (Fsp3) is 0.571. The lowest BCUT2D eigenvalue weighted by molar-refractivity contribution is -0.152. The molecule has 0 bridgehead atoms. The average Bonchev–Trinajstić information content (AvgIpc) is 2.37. The van der Waals surface area contributed by atoms with Crippen LogP contribution in [0, 0.1) is 0 Å². The zero-order valence-corrected chi connectivity index (χ0v) is 11.3. The maximum Gasteiger partial charge on any atom is 0.191 e. The zero-order valence-electron chi connectivity index (χ0n) is 11.3. The van der Waals surface area contributed by atoms with Crippen molar-refractivity contribution in [1.29, 1.82) is 0 Å². The molecule has 0 aromatic heterocycles. The van der Waals surface area contributed by atoms with Gasteiger partial charge in [-0.15, -0.1) is 0 Å². The van der Waals surface area contributed by atoms with Gasteiger partial charge in [0.2, 0.25) is 0 Å². The van der Waals surface area contributed by atoms with E-state index in [1.54, 1.807) is 6.92 Å². The maximum absolute atomic E-state index is 9.39. The van der Waals surface area contributed by atoms with Crippen LogP contribution in [0.25, 0.3) is 0 Å². The van der Waals surface area contributed by atoms with Gasteiger partial charge in [-0.05, 0) is 38.5 Å². The Morgan fingerprint density at radius 1 is 1.06 bits per heavy atom. The minimum absolute atomic E-state index is 0.337. The molecule has 4 heteroatoms. The number of benzene rings is 1. The monoisotopic (exact) mass is 254 g/mol. The standard InChI is InChI=1S/C14H22O4/c1-4-16-14(17-5-2)10-18-13-8-6-12(7-9-13)11(3)15/h6-9,11,14-15H,4-5,10H2,1-3H3/t11-/m0/s1. The number of aliphatic hydroxyl groups is 1. The average molecular weight is 254 g/mol. The van der Waals surface area contributed by atoms with E-state index in [1.807, 2.05) is 38.1 Å². The highest BCUT2D eigenvalue weighted by Crippen LogP contribution is 2.17. The third-order valence-corrected chi connectivity index (χ3v) is 2.45. The molecule has 4 nitrogen and oxygen atoms in total. The number of hydrogen-bond donors (Lipinski definition) is 1. The first-order valence-electron chi connectivity index (χ1n) is 6.31. The van der Waals surface area contributed by atoms with Gasteiger partial charge in [-0.1, -0.05) is 12.1 Å². The van der Waals surface area contributed by atoms with E-state index in [2.05, 4.69) is 0 Å². The first-order valence-corrected chi connectivity index (χ1v) is 6.31. The SMILES string of the molecule is CCOC(COc1ccc([C@H](C)O)cc1)OCC. The van der Waals surface area contributed by atoms with Crippen LogP contribution in [0.15, 0.2) is 24.3 Å². The van der Waals surface area contributed by atoms with E-state index >= 15 is 0 Å². The summed E-state index contributed by atoms with van der Waals surface area (Å²) in [4.78, 5) is 0. The van der Waals surface area contributed by atoms with Gasteiger partial charge in [0.25, 0.3) is 0 Å². The van der Waals surface area contributed by atoms with E-state index in [1.165, 1.54) is 0 Å². The van der Waals surface area contributed by atoms with Gasteiger partial charge in [-0.3, -0.25) is 0 Å². The Balaban J connectivity index is 2.46. The van der Waals surface area contributed by atoms with Crippen LogP contribution in [0.5, 0.6) is 5.75 Å². The molecule has 0 spiro atoms. The Bertz CT molecular complexity index is 315. The molecule has 18 heavy (non-hydrogen) atoms. The van der Waals surface area contributed by atoms with Crippen LogP contribution in [0.1, 0.15) is 32.4 Å². The van der Waals surface area contributed by atoms with Crippen molar-refractivity contribution >= 4 is 0 Å². The predicted molar refractivity (Wildman–Crippen MR) is 69.6 cm³/mol. The summed E-state index contributed by atoms with van der Waals surface area (Å²) in [5.74, 6) is 0.740. The summed E-state index contributed by atoms with van der Waals surface area (Å²) in [5, 5.41) is 9.39. The summed E-state index contributed by atoms with van der Waals surface area (Å²) in [6.45, 7) is 7.11. The first-order chi connectivity index (χ1) is 8.67. The minimum Gasteiger partial charge on any atom is -0.488 e. The molecule has 0 saturated heterocycles. The molecule has 1 aromatic rings. The molecule has 1 aromatic carbocycles. The number of hydrogen-bond acceptors (Lipinski definition) is 4. The minimum atomic E-state index is -0.460. The molecule has 0 amide bonds. The zero-order chi connectivity index (χ0) is 13.4. The van der Waals surface area contributed by atoms with E-state index in [9.17, 15) is 5.11 Å². The highest BCUT2D eigenvalue weighted by atomic mass is 16.7. The molecule has 102 valence electrons. The first kappa shape index (κ1) is 15.0. The van der Waals surface area contributed by atoms with Crippen LogP contribution >= 0.6 is 0 Å². The van der Waals surface area contributed by atoms with E-state index < -0.39 is 6.10 Å². The molecule has 0 fully saturated rings. The topological polar surface area (TPSA) is 47.9 Å². The fourth-order valence-electron chi connectivity index (χ4n) is 1.52. The molecule has 1 rings (SSSR count). The van der Waals surface area contributed by atoms with Gasteiger partial charge in [0.05, 0.1) is 6.10 Å². The van der Waals surface area contributed by atoms with Gasteiger partial charge in [0.15, 0.2) is 6.29 Å². The van der Waals surface area contributed by atoms with Crippen molar-refractivity contribution in [2.45, 2.75) is 33.2 Å². The van der Waals surface area contributed by atoms with Crippen LogP contribution in [0.4, 0.5) is 0 Å². The third-order valence-electron chi connectivity index (χ3n) is 2.45. The lowest BCUT2D eigenvalue weighted by Gasteiger charge is -2.17. The van der Waals surface area contributed by atoms with Crippen LogP contribution in [-0.2, 0) is 9.47 Å². The predicted octanol–water partition coefficient (Wildman–Crippen LogP) is 2.52. The van der Waals surface area contributed by atoms with Crippen LogP contribution in [0.3, 0.4) is 0 Å². The van der Waals surface area contributed by atoms with Gasteiger partial charge in [0, 0.05) is 13.2 Å². The van der Waals surface area contributed by atoms with Gasteiger partial charge < -0.3 is 19.3 Å². The molecule has 0 radical (unpaired) electrons. The Hall–Kier alpha value is -1.10. The molecular formula is C14H22O4. The van der Waals surface area contributed by atoms with Crippen LogP contribution < -0.4 is 4.74 Å². The molecule has 0 saturated carbocycles. The quantitative estimate of drug-likeness (QED) is 0.724. The van der Waals surface area contributed by atoms with E-state index in [0.717, 1.165) is 11.3 Å². The summed E-state index contributed by atoms with van der Waals surface area (Å²) < 4.78 is 16.3. The highest BCUT2D eigenvalue weighted by Gasteiger charge is 2.09. The summed E-state index contributed by atoms with van der Waals surface area (Å²) in [6.07, 6.45) is -0.796. The molecule has 0 unspecified atom stereocenters. The fourth-order valence-corrected chi connectivity index (χ4v) is 1.52. The van der Waals surface area contributed by atoms with E-state index in [0.29, 0.717) is 19.8 Å². The van der Waals surface area contributed by atoms with Crippen molar-refractivity contribution < 1.29 is 19.3 Å². The van der Waals surface area contributed by atoms with Crippen molar-refractivity contribution in [3.63, 3.8) is 0 Å². The lowest BCUT2D eigenvalue weighted by Crippen LogP contribution is -2.25. The van der Waals surface area contributed by atoms with Gasteiger partial charge in [0.1, 0.15) is 12.4 Å². The van der Waals surface area contributed by atoms with Crippen molar-refractivity contribution in [2.24, 2.45) is 0 Å². The molecular weight excluding hydrogens is 232 g/mol. The van der Waals surface area contributed by atoms with Crippen molar-refractivity contribution in [1.82, 2.24) is 0 Å². The second-order valence-corrected chi connectivity index (χ2v) is 3.90. The molecule has 0 heterocycles. The summed E-state index contributed by atoms with van der Waals surface area (Å²) >= 11 is 0. The lowest BCUT2D eigenvalue weighted by atomic mass is 10.1. The molecule has 0 aliphatic carbocycles. The third kappa shape index (κ3) is 5.04. The second-order valence-electron chi connectivity index (χ2n) is 3.90. The molecule has 0 aliphatic rings. The Morgan fingerprint density at radius 3 is 2.06 bits per heavy atom. The highest BCUT2D eigenvalue weighted by molar-refractivity contribution is 5.28. The summed E-state index contributed by atoms with van der Waals surface area (Å²) in [6, 6.07) is 7.35. The number of ether oxygens (including phenoxy) is 3. The van der Waals surface area contributed by atoms with Crippen LogP contribution in [0.2, 0.25) is 0 Å². The molecule has 0 aliphatic heterocycles. The van der Waals surface area contributed by atoms with Gasteiger partial charge in [-0.25, -0.2) is 0 Å². The number of rotatable bonds is 8. The summed E-state index contributed by atoms with van der Waals surface area (Å²) in [7, 11) is 0. The Morgan fingerprint density at radius 2 is 1.61 bits per heavy atom. The normalized spacial score (nSPS) is 12.7. The second kappa shape index (κ2) is 8.08. The van der Waals surface area contributed by atoms with Crippen molar-refractivity contribution in [2.75, 3.05) is 19.8 Å². The Kier molecular flexibility index (Phi) is 6.72. The maximum atomic E-state index is 9.39. The largest absolute Gasteiger partial charge is 0.488 e. The van der Waals surface area contributed by atoms with Crippen LogP contribution in [-0.4, -0.2) is 31.2 Å². The Labute approximate surface area is 108 Å².